The van der Waals surface area contributed by atoms with Gasteiger partial charge in [-0.2, -0.15) is 13.2 Å². The summed E-state index contributed by atoms with van der Waals surface area (Å²) in [6, 6.07) is 5.21. The van der Waals surface area contributed by atoms with E-state index in [-0.39, 0.29) is 29.7 Å². The number of halogens is 4. The lowest BCUT2D eigenvalue weighted by Crippen LogP contribution is -2.39. The molecule has 0 saturated carbocycles. The first kappa shape index (κ1) is 18.0. The predicted octanol–water partition coefficient (Wildman–Crippen LogP) is 3.41. The van der Waals surface area contributed by atoms with Gasteiger partial charge in [0.25, 0.3) is 11.7 Å². The first-order chi connectivity index (χ1) is 11.3. The van der Waals surface area contributed by atoms with Crippen LogP contribution in [0.3, 0.4) is 0 Å². The van der Waals surface area contributed by atoms with E-state index >= 15 is 0 Å². The van der Waals surface area contributed by atoms with Gasteiger partial charge in [0, 0.05) is 11.3 Å². The van der Waals surface area contributed by atoms with E-state index < -0.39 is 23.7 Å². The Morgan fingerprint density at radius 3 is 2.33 bits per heavy atom. The van der Waals surface area contributed by atoms with Crippen molar-refractivity contribution < 1.29 is 27.2 Å². The Balaban J connectivity index is 2.17. The number of rotatable bonds is 4. The molecule has 2 N–H and O–H groups in total. The second-order valence-corrected chi connectivity index (χ2v) is 5.40. The van der Waals surface area contributed by atoms with Crippen molar-refractivity contribution in [2.45, 2.75) is 38.3 Å². The molecule has 4 nitrogen and oxygen atoms in total. The standard InChI is InChI=1S/C16H16F4N2O2/c17-12-8-5-4-6-10(12)15(24)22-21-13-9-3-1-2-7-11(13)14(23)16(18,19)20/h4-6,8,21H,1-3,7,9H2,(H,22,24). The second-order valence-electron chi connectivity index (χ2n) is 5.40. The van der Waals surface area contributed by atoms with E-state index in [1.54, 1.807) is 0 Å². The lowest BCUT2D eigenvalue weighted by atomic mass is 10.0. The van der Waals surface area contributed by atoms with Crippen LogP contribution in [0, 0.1) is 5.82 Å². The van der Waals surface area contributed by atoms with Gasteiger partial charge in [-0.05, 0) is 37.8 Å². The number of hydrogen-bond donors (Lipinski definition) is 2. The Labute approximate surface area is 135 Å². The van der Waals surface area contributed by atoms with E-state index in [1.165, 1.54) is 18.2 Å². The van der Waals surface area contributed by atoms with Crippen molar-refractivity contribution in [3.63, 3.8) is 0 Å². The molecule has 0 heterocycles. The highest BCUT2D eigenvalue weighted by atomic mass is 19.4. The van der Waals surface area contributed by atoms with Crippen molar-refractivity contribution in [2.75, 3.05) is 0 Å². The monoisotopic (exact) mass is 344 g/mol. The maximum atomic E-state index is 13.5. The Kier molecular flexibility index (Phi) is 5.58. The normalized spacial score (nSPS) is 15.7. The molecule has 0 aliphatic heterocycles. The number of Topliss-reactive ketones (excluding diaryl/α,β-unsaturated/α-hetero) is 1. The number of nitrogens with one attached hydrogen (secondary N) is 2. The Hall–Kier alpha value is -2.38. The molecule has 0 fully saturated rings. The van der Waals surface area contributed by atoms with E-state index in [2.05, 4.69) is 10.9 Å². The van der Waals surface area contributed by atoms with Crippen LogP contribution in [0.1, 0.15) is 42.5 Å². The second kappa shape index (κ2) is 7.46. The molecule has 1 aromatic rings. The Morgan fingerprint density at radius 1 is 1.00 bits per heavy atom. The summed E-state index contributed by atoms with van der Waals surface area (Å²) in [5, 5.41) is 0. The third-order valence-corrected chi connectivity index (χ3v) is 3.69. The highest BCUT2D eigenvalue weighted by Crippen LogP contribution is 2.29. The molecule has 1 aromatic carbocycles. The molecule has 8 heteroatoms. The average Bonchev–Trinajstić information content (AvgIpc) is 2.76. The van der Waals surface area contributed by atoms with Gasteiger partial charge in [0.2, 0.25) is 0 Å². The number of hydrogen-bond acceptors (Lipinski definition) is 3. The van der Waals surface area contributed by atoms with Crippen molar-refractivity contribution in [3.8, 4) is 0 Å². The topological polar surface area (TPSA) is 58.2 Å². The van der Waals surface area contributed by atoms with Gasteiger partial charge in [0.1, 0.15) is 5.82 Å². The molecule has 0 saturated heterocycles. The summed E-state index contributed by atoms with van der Waals surface area (Å²) in [4.78, 5) is 23.5. The van der Waals surface area contributed by atoms with Crippen molar-refractivity contribution in [1.82, 2.24) is 10.9 Å². The van der Waals surface area contributed by atoms with Crippen LogP contribution in [-0.2, 0) is 4.79 Å². The largest absolute Gasteiger partial charge is 0.454 e. The molecule has 1 aliphatic rings. The molecule has 2 rings (SSSR count). The Bertz CT molecular complexity index is 668. The number of hydrazine groups is 1. The van der Waals surface area contributed by atoms with Crippen LogP contribution in [-0.4, -0.2) is 17.9 Å². The molecular formula is C16H16F4N2O2. The van der Waals surface area contributed by atoms with Gasteiger partial charge in [0.05, 0.1) is 5.56 Å². The number of alkyl halides is 3. The number of carbonyl (C=O) groups is 2. The minimum absolute atomic E-state index is 0.0176. The average molecular weight is 344 g/mol. The van der Waals surface area contributed by atoms with Gasteiger partial charge >= 0.3 is 6.18 Å². The van der Waals surface area contributed by atoms with Gasteiger partial charge in [0.15, 0.2) is 0 Å². The minimum atomic E-state index is -4.97. The summed E-state index contributed by atoms with van der Waals surface area (Å²) in [6.07, 6.45) is -3.05. The summed E-state index contributed by atoms with van der Waals surface area (Å²) in [5.41, 5.74) is 3.95. The van der Waals surface area contributed by atoms with Crippen LogP contribution in [0.25, 0.3) is 0 Å². The number of ketones is 1. The van der Waals surface area contributed by atoms with Crippen LogP contribution in [0.5, 0.6) is 0 Å². The zero-order chi connectivity index (χ0) is 17.7. The van der Waals surface area contributed by atoms with E-state index in [9.17, 15) is 27.2 Å². The summed E-state index contributed by atoms with van der Waals surface area (Å²) in [6.45, 7) is 0. The fraction of sp³-hybridized carbons (Fsp3) is 0.375. The first-order valence-electron chi connectivity index (χ1n) is 7.45. The molecule has 1 aliphatic carbocycles. The van der Waals surface area contributed by atoms with Gasteiger partial charge in [-0.3, -0.25) is 15.0 Å². The third-order valence-electron chi connectivity index (χ3n) is 3.69. The van der Waals surface area contributed by atoms with Crippen molar-refractivity contribution in [3.05, 3.63) is 46.9 Å². The molecule has 1 amide bonds. The van der Waals surface area contributed by atoms with Crippen LogP contribution < -0.4 is 10.9 Å². The van der Waals surface area contributed by atoms with E-state index in [4.69, 9.17) is 0 Å². The number of benzene rings is 1. The summed E-state index contributed by atoms with van der Waals surface area (Å²) in [5.74, 6) is -3.49. The van der Waals surface area contributed by atoms with Crippen molar-refractivity contribution in [2.24, 2.45) is 0 Å². The number of amides is 1. The summed E-state index contributed by atoms with van der Waals surface area (Å²) >= 11 is 0. The van der Waals surface area contributed by atoms with Crippen LogP contribution in [0.2, 0.25) is 0 Å². The molecule has 0 radical (unpaired) electrons. The van der Waals surface area contributed by atoms with Crippen molar-refractivity contribution >= 4 is 11.7 Å². The SMILES string of the molecule is O=C(NNC1=C(C(=O)C(F)(F)F)CCCCC1)c1ccccc1F. The molecule has 0 bridgehead atoms. The maximum absolute atomic E-state index is 13.5. The van der Waals surface area contributed by atoms with E-state index in [0.29, 0.717) is 19.3 Å². The van der Waals surface area contributed by atoms with Crippen LogP contribution in [0.4, 0.5) is 17.6 Å². The van der Waals surface area contributed by atoms with Crippen LogP contribution in [0.15, 0.2) is 35.5 Å². The zero-order valence-corrected chi connectivity index (χ0v) is 12.7. The minimum Gasteiger partial charge on any atom is -0.302 e. The van der Waals surface area contributed by atoms with Crippen LogP contribution >= 0.6 is 0 Å². The highest BCUT2D eigenvalue weighted by molar-refractivity contribution is 6.00. The Morgan fingerprint density at radius 2 is 1.67 bits per heavy atom. The van der Waals surface area contributed by atoms with E-state index in [1.807, 2.05) is 0 Å². The zero-order valence-electron chi connectivity index (χ0n) is 12.7. The lowest BCUT2D eigenvalue weighted by molar-refractivity contribution is -0.166. The number of allylic oxidation sites excluding steroid dienone is 2. The highest BCUT2D eigenvalue weighted by Gasteiger charge is 2.41. The van der Waals surface area contributed by atoms with Gasteiger partial charge in [-0.1, -0.05) is 18.6 Å². The fourth-order valence-corrected chi connectivity index (χ4v) is 2.49. The van der Waals surface area contributed by atoms with Gasteiger partial charge < -0.3 is 5.43 Å². The summed E-state index contributed by atoms with van der Waals surface area (Å²) < 4.78 is 51.7. The predicted molar refractivity (Wildman–Crippen MR) is 78.2 cm³/mol. The molecule has 0 aromatic heterocycles. The van der Waals surface area contributed by atoms with E-state index in [0.717, 1.165) is 6.07 Å². The molecule has 130 valence electrons. The first-order valence-corrected chi connectivity index (χ1v) is 7.45. The molecule has 0 atom stereocenters. The number of carbonyl (C=O) groups excluding carboxylic acids is 2. The summed E-state index contributed by atoms with van der Waals surface area (Å²) in [7, 11) is 0. The van der Waals surface area contributed by atoms with Crippen molar-refractivity contribution in [1.29, 1.82) is 0 Å². The smallest absolute Gasteiger partial charge is 0.302 e. The molecule has 0 spiro atoms. The quantitative estimate of drug-likeness (QED) is 0.650. The maximum Gasteiger partial charge on any atom is 0.454 e. The lowest BCUT2D eigenvalue weighted by Gasteiger charge is -2.16. The fourth-order valence-electron chi connectivity index (χ4n) is 2.49. The van der Waals surface area contributed by atoms with Gasteiger partial charge in [-0.15, -0.1) is 0 Å². The van der Waals surface area contributed by atoms with Gasteiger partial charge in [-0.25, -0.2) is 4.39 Å². The molecule has 24 heavy (non-hydrogen) atoms. The third kappa shape index (κ3) is 4.33. The molecular weight excluding hydrogens is 328 g/mol. The molecule has 0 unspecified atom stereocenters.